The van der Waals surface area contributed by atoms with E-state index in [-0.39, 0.29) is 12.1 Å². The molecule has 0 unspecified atom stereocenters. The molecule has 1 heterocycles. The van der Waals surface area contributed by atoms with Crippen molar-refractivity contribution in [3.05, 3.63) is 35.9 Å². The zero-order valence-corrected chi connectivity index (χ0v) is 10.7. The molecule has 0 N–H and O–H groups in total. The van der Waals surface area contributed by atoms with Gasteiger partial charge in [-0.3, -0.25) is 9.69 Å². The molecule has 1 atom stereocenters. The number of methoxy groups -OCH3 is 1. The number of hydrogen-bond acceptors (Lipinski definition) is 4. The monoisotopic (exact) mass is 249 g/mol. The van der Waals surface area contributed by atoms with Gasteiger partial charge in [-0.25, -0.2) is 0 Å². The second kappa shape index (κ2) is 6.52. The SMILES string of the molecule is COC(=O)C[C@H]1CN(Cc2ccccc2)CCO1. The summed E-state index contributed by atoms with van der Waals surface area (Å²) in [5.74, 6) is -0.207. The van der Waals surface area contributed by atoms with Crippen molar-refractivity contribution in [1.82, 2.24) is 4.90 Å². The fourth-order valence-electron chi connectivity index (χ4n) is 2.16. The minimum Gasteiger partial charge on any atom is -0.469 e. The predicted octanol–water partition coefficient (Wildman–Crippen LogP) is 1.45. The summed E-state index contributed by atoms with van der Waals surface area (Å²) < 4.78 is 10.2. The maximum absolute atomic E-state index is 11.2. The standard InChI is InChI=1S/C14H19NO3/c1-17-14(16)9-13-11-15(7-8-18-13)10-12-5-3-2-4-6-12/h2-6,13H,7-11H2,1H3/t13-/m0/s1. The number of hydrogen-bond donors (Lipinski definition) is 0. The number of ether oxygens (including phenoxy) is 2. The zero-order chi connectivity index (χ0) is 12.8. The van der Waals surface area contributed by atoms with E-state index in [1.807, 2.05) is 18.2 Å². The molecule has 0 aromatic heterocycles. The largest absolute Gasteiger partial charge is 0.469 e. The normalized spacial score (nSPS) is 20.6. The molecule has 2 rings (SSSR count). The summed E-state index contributed by atoms with van der Waals surface area (Å²) in [6.45, 7) is 3.27. The van der Waals surface area contributed by atoms with Gasteiger partial charge in [0.05, 0.1) is 26.2 Å². The highest BCUT2D eigenvalue weighted by Gasteiger charge is 2.23. The van der Waals surface area contributed by atoms with Crippen molar-refractivity contribution in [1.29, 1.82) is 0 Å². The van der Waals surface area contributed by atoms with E-state index in [9.17, 15) is 4.79 Å². The average molecular weight is 249 g/mol. The topological polar surface area (TPSA) is 38.8 Å². The Labute approximate surface area is 107 Å². The van der Waals surface area contributed by atoms with Gasteiger partial charge in [0.15, 0.2) is 0 Å². The highest BCUT2D eigenvalue weighted by atomic mass is 16.5. The third kappa shape index (κ3) is 3.82. The molecular weight excluding hydrogens is 230 g/mol. The maximum Gasteiger partial charge on any atom is 0.308 e. The third-order valence-corrected chi connectivity index (χ3v) is 3.09. The number of esters is 1. The predicted molar refractivity (Wildman–Crippen MR) is 68.1 cm³/mol. The van der Waals surface area contributed by atoms with Crippen LogP contribution in [0.5, 0.6) is 0 Å². The van der Waals surface area contributed by atoms with Crippen LogP contribution in [0.25, 0.3) is 0 Å². The molecule has 1 aromatic carbocycles. The first-order valence-electron chi connectivity index (χ1n) is 6.22. The van der Waals surface area contributed by atoms with Gasteiger partial charge < -0.3 is 9.47 Å². The first kappa shape index (κ1) is 13.1. The summed E-state index contributed by atoms with van der Waals surface area (Å²) in [6, 6.07) is 10.3. The lowest BCUT2D eigenvalue weighted by atomic mass is 10.1. The van der Waals surface area contributed by atoms with Gasteiger partial charge in [-0.15, -0.1) is 0 Å². The van der Waals surface area contributed by atoms with Crippen LogP contribution in [0.1, 0.15) is 12.0 Å². The summed E-state index contributed by atoms with van der Waals surface area (Å²) in [5.41, 5.74) is 1.29. The molecule has 4 nitrogen and oxygen atoms in total. The van der Waals surface area contributed by atoms with Gasteiger partial charge in [-0.1, -0.05) is 30.3 Å². The third-order valence-electron chi connectivity index (χ3n) is 3.09. The molecule has 0 spiro atoms. The van der Waals surface area contributed by atoms with E-state index in [4.69, 9.17) is 4.74 Å². The van der Waals surface area contributed by atoms with Crippen molar-refractivity contribution < 1.29 is 14.3 Å². The molecule has 0 radical (unpaired) electrons. The molecule has 0 aliphatic carbocycles. The van der Waals surface area contributed by atoms with E-state index in [0.29, 0.717) is 13.0 Å². The van der Waals surface area contributed by atoms with Gasteiger partial charge in [0.1, 0.15) is 0 Å². The summed E-state index contributed by atoms with van der Waals surface area (Å²) in [7, 11) is 1.41. The van der Waals surface area contributed by atoms with Crippen LogP contribution in [0.2, 0.25) is 0 Å². The highest BCUT2D eigenvalue weighted by Crippen LogP contribution is 2.12. The van der Waals surface area contributed by atoms with E-state index in [0.717, 1.165) is 19.6 Å². The van der Waals surface area contributed by atoms with E-state index < -0.39 is 0 Å². The summed E-state index contributed by atoms with van der Waals surface area (Å²) >= 11 is 0. The Kier molecular flexibility index (Phi) is 4.73. The van der Waals surface area contributed by atoms with Crippen molar-refractivity contribution in [3.63, 3.8) is 0 Å². The van der Waals surface area contributed by atoms with Crippen LogP contribution in [-0.4, -0.2) is 43.8 Å². The number of rotatable bonds is 4. The van der Waals surface area contributed by atoms with E-state index in [1.54, 1.807) is 0 Å². The fraction of sp³-hybridized carbons (Fsp3) is 0.500. The van der Waals surface area contributed by atoms with Crippen LogP contribution >= 0.6 is 0 Å². The van der Waals surface area contributed by atoms with Gasteiger partial charge in [0.2, 0.25) is 0 Å². The van der Waals surface area contributed by atoms with Gasteiger partial charge in [-0.2, -0.15) is 0 Å². The molecular formula is C14H19NO3. The van der Waals surface area contributed by atoms with Crippen molar-refractivity contribution >= 4 is 5.97 Å². The van der Waals surface area contributed by atoms with Crippen LogP contribution in [0, 0.1) is 0 Å². The quantitative estimate of drug-likeness (QED) is 0.757. The molecule has 1 aliphatic rings. The molecule has 0 amide bonds. The number of benzene rings is 1. The Morgan fingerprint density at radius 1 is 1.44 bits per heavy atom. The molecule has 0 saturated carbocycles. The summed E-state index contributed by atoms with van der Waals surface area (Å²) in [5, 5.41) is 0. The van der Waals surface area contributed by atoms with Crippen LogP contribution in [-0.2, 0) is 20.8 Å². The molecule has 18 heavy (non-hydrogen) atoms. The van der Waals surface area contributed by atoms with Crippen LogP contribution in [0.3, 0.4) is 0 Å². The summed E-state index contributed by atoms with van der Waals surface area (Å²) in [4.78, 5) is 13.5. The Bertz CT molecular complexity index is 380. The minimum atomic E-state index is -0.207. The first-order chi connectivity index (χ1) is 8.78. The lowest BCUT2D eigenvalue weighted by molar-refractivity contribution is -0.145. The highest BCUT2D eigenvalue weighted by molar-refractivity contribution is 5.69. The average Bonchev–Trinajstić information content (AvgIpc) is 2.40. The van der Waals surface area contributed by atoms with Crippen LogP contribution < -0.4 is 0 Å². The Morgan fingerprint density at radius 2 is 2.22 bits per heavy atom. The lowest BCUT2D eigenvalue weighted by Gasteiger charge is -2.32. The number of carbonyl (C=O) groups excluding carboxylic acids is 1. The van der Waals surface area contributed by atoms with Gasteiger partial charge in [0, 0.05) is 19.6 Å². The molecule has 1 saturated heterocycles. The van der Waals surface area contributed by atoms with E-state index in [2.05, 4.69) is 21.8 Å². The Balaban J connectivity index is 1.85. The van der Waals surface area contributed by atoms with E-state index in [1.165, 1.54) is 12.7 Å². The van der Waals surface area contributed by atoms with Crippen molar-refractivity contribution in [2.45, 2.75) is 19.1 Å². The molecule has 0 bridgehead atoms. The maximum atomic E-state index is 11.2. The molecule has 98 valence electrons. The minimum absolute atomic E-state index is 0.0464. The summed E-state index contributed by atoms with van der Waals surface area (Å²) in [6.07, 6.45) is 0.289. The van der Waals surface area contributed by atoms with Crippen molar-refractivity contribution in [3.8, 4) is 0 Å². The van der Waals surface area contributed by atoms with Gasteiger partial charge in [0.25, 0.3) is 0 Å². The molecule has 1 fully saturated rings. The van der Waals surface area contributed by atoms with Crippen LogP contribution in [0.15, 0.2) is 30.3 Å². The number of nitrogens with zero attached hydrogens (tertiary/aromatic N) is 1. The molecule has 1 aromatic rings. The van der Waals surface area contributed by atoms with Gasteiger partial charge in [-0.05, 0) is 5.56 Å². The zero-order valence-electron chi connectivity index (χ0n) is 10.7. The number of morpholine rings is 1. The molecule has 4 heteroatoms. The lowest BCUT2D eigenvalue weighted by Crippen LogP contribution is -2.42. The smallest absolute Gasteiger partial charge is 0.308 e. The number of carbonyl (C=O) groups is 1. The van der Waals surface area contributed by atoms with E-state index >= 15 is 0 Å². The van der Waals surface area contributed by atoms with Crippen molar-refractivity contribution in [2.24, 2.45) is 0 Å². The Hall–Kier alpha value is -1.39. The Morgan fingerprint density at radius 3 is 2.94 bits per heavy atom. The second-order valence-electron chi connectivity index (χ2n) is 4.49. The molecule has 1 aliphatic heterocycles. The first-order valence-corrected chi connectivity index (χ1v) is 6.22. The van der Waals surface area contributed by atoms with Crippen molar-refractivity contribution in [2.75, 3.05) is 26.8 Å². The van der Waals surface area contributed by atoms with Gasteiger partial charge >= 0.3 is 5.97 Å². The second-order valence-corrected chi connectivity index (χ2v) is 4.49. The fourth-order valence-corrected chi connectivity index (χ4v) is 2.16. The van der Waals surface area contributed by atoms with Crippen LogP contribution in [0.4, 0.5) is 0 Å².